The second-order valence-electron chi connectivity index (χ2n) is 5.62. The fourth-order valence-electron chi connectivity index (χ4n) is 2.15. The van der Waals surface area contributed by atoms with Gasteiger partial charge in [0, 0.05) is 17.0 Å². The first kappa shape index (κ1) is 17.9. The van der Waals surface area contributed by atoms with Crippen molar-refractivity contribution in [3.05, 3.63) is 29.8 Å². The number of nitrogens with zero attached hydrogens (tertiary/aromatic N) is 1. The monoisotopic (exact) mass is 312 g/mol. The van der Waals surface area contributed by atoms with Crippen LogP contribution < -0.4 is 5.32 Å². The third-order valence-corrected chi connectivity index (χ3v) is 4.21. The van der Waals surface area contributed by atoms with Gasteiger partial charge in [-0.25, -0.2) is 8.78 Å². The third kappa shape index (κ3) is 6.45. The SMILES string of the molecule is CC(C)NC(C)(C#N)CCCCSc1ccc(F)cc1F. The highest BCUT2D eigenvalue weighted by Gasteiger charge is 2.23. The van der Waals surface area contributed by atoms with E-state index >= 15 is 0 Å². The molecule has 1 rings (SSSR count). The van der Waals surface area contributed by atoms with Gasteiger partial charge in [0.25, 0.3) is 0 Å². The fraction of sp³-hybridized carbons (Fsp3) is 0.562. The molecule has 1 aromatic rings. The highest BCUT2D eigenvalue weighted by molar-refractivity contribution is 7.99. The zero-order valence-electron chi connectivity index (χ0n) is 12.7. The molecule has 0 aliphatic rings. The van der Waals surface area contributed by atoms with Gasteiger partial charge in [0.05, 0.1) is 6.07 Å². The zero-order valence-corrected chi connectivity index (χ0v) is 13.6. The number of nitriles is 1. The van der Waals surface area contributed by atoms with Crippen LogP contribution in [-0.4, -0.2) is 17.3 Å². The van der Waals surface area contributed by atoms with Crippen LogP contribution in [0.15, 0.2) is 23.1 Å². The van der Waals surface area contributed by atoms with Crippen molar-refractivity contribution in [1.29, 1.82) is 5.26 Å². The molecule has 0 fully saturated rings. The molecule has 1 atom stereocenters. The molecule has 0 saturated heterocycles. The second kappa shape index (κ2) is 8.35. The number of thioether (sulfide) groups is 1. The highest BCUT2D eigenvalue weighted by atomic mass is 32.2. The number of benzene rings is 1. The molecular weight excluding hydrogens is 290 g/mol. The molecule has 21 heavy (non-hydrogen) atoms. The van der Waals surface area contributed by atoms with E-state index in [9.17, 15) is 14.0 Å². The van der Waals surface area contributed by atoms with Crippen LogP contribution in [-0.2, 0) is 0 Å². The lowest BCUT2D eigenvalue weighted by Gasteiger charge is -2.25. The molecule has 0 heterocycles. The highest BCUT2D eigenvalue weighted by Crippen LogP contribution is 2.24. The van der Waals surface area contributed by atoms with Gasteiger partial charge in [0.15, 0.2) is 0 Å². The number of nitrogens with one attached hydrogen (secondary N) is 1. The van der Waals surface area contributed by atoms with Crippen molar-refractivity contribution < 1.29 is 8.78 Å². The first-order valence-corrected chi connectivity index (χ1v) is 8.11. The summed E-state index contributed by atoms with van der Waals surface area (Å²) in [6.45, 7) is 5.94. The van der Waals surface area contributed by atoms with Crippen LogP contribution >= 0.6 is 11.8 Å². The number of hydrogen-bond acceptors (Lipinski definition) is 3. The van der Waals surface area contributed by atoms with E-state index in [4.69, 9.17) is 0 Å². The van der Waals surface area contributed by atoms with Gasteiger partial charge >= 0.3 is 0 Å². The topological polar surface area (TPSA) is 35.8 Å². The van der Waals surface area contributed by atoms with Crippen molar-refractivity contribution >= 4 is 11.8 Å². The largest absolute Gasteiger partial charge is 0.297 e. The average molecular weight is 312 g/mol. The Bertz CT molecular complexity index is 500. The summed E-state index contributed by atoms with van der Waals surface area (Å²) in [5, 5.41) is 12.5. The van der Waals surface area contributed by atoms with E-state index < -0.39 is 17.2 Å². The molecule has 0 aliphatic heterocycles. The lowest BCUT2D eigenvalue weighted by atomic mass is 9.96. The van der Waals surface area contributed by atoms with E-state index in [2.05, 4.69) is 11.4 Å². The van der Waals surface area contributed by atoms with Crippen LogP contribution in [0.2, 0.25) is 0 Å². The van der Waals surface area contributed by atoms with Gasteiger partial charge in [-0.05, 0) is 57.9 Å². The fourth-order valence-corrected chi connectivity index (χ4v) is 3.08. The van der Waals surface area contributed by atoms with Gasteiger partial charge in [-0.2, -0.15) is 5.26 Å². The minimum absolute atomic E-state index is 0.261. The molecule has 1 aromatic carbocycles. The molecule has 116 valence electrons. The quantitative estimate of drug-likeness (QED) is 0.567. The molecule has 0 saturated carbocycles. The number of hydrogen-bond donors (Lipinski definition) is 1. The molecule has 2 nitrogen and oxygen atoms in total. The summed E-state index contributed by atoms with van der Waals surface area (Å²) < 4.78 is 26.2. The minimum Gasteiger partial charge on any atom is -0.297 e. The Hall–Kier alpha value is -1.12. The molecule has 0 aromatic heterocycles. The normalized spacial score (nSPS) is 14.0. The van der Waals surface area contributed by atoms with E-state index in [1.54, 1.807) is 0 Å². The molecule has 0 bridgehead atoms. The van der Waals surface area contributed by atoms with Gasteiger partial charge in [0.1, 0.15) is 17.2 Å². The molecule has 0 amide bonds. The first-order valence-electron chi connectivity index (χ1n) is 7.13. The summed E-state index contributed by atoms with van der Waals surface area (Å²) in [6, 6.07) is 6.22. The predicted octanol–water partition coefficient (Wildman–Crippen LogP) is 4.51. The summed E-state index contributed by atoms with van der Waals surface area (Å²) in [5.41, 5.74) is -0.514. The van der Waals surface area contributed by atoms with Gasteiger partial charge in [0.2, 0.25) is 0 Å². The van der Waals surface area contributed by atoms with E-state index in [-0.39, 0.29) is 6.04 Å². The van der Waals surface area contributed by atoms with E-state index in [1.165, 1.54) is 23.9 Å². The molecular formula is C16H22F2N2S. The summed E-state index contributed by atoms with van der Waals surface area (Å²) >= 11 is 1.38. The first-order chi connectivity index (χ1) is 9.86. The maximum atomic E-state index is 13.4. The Morgan fingerprint density at radius 3 is 2.62 bits per heavy atom. The summed E-state index contributed by atoms with van der Waals surface area (Å²) in [5.74, 6) is -0.309. The maximum absolute atomic E-state index is 13.4. The Morgan fingerprint density at radius 1 is 1.33 bits per heavy atom. The van der Waals surface area contributed by atoms with Crippen LogP contribution in [0.4, 0.5) is 8.78 Å². The van der Waals surface area contributed by atoms with Crippen molar-refractivity contribution in [2.75, 3.05) is 5.75 Å². The van der Waals surface area contributed by atoms with Crippen LogP contribution in [0.1, 0.15) is 40.0 Å². The minimum atomic E-state index is -0.554. The molecule has 0 spiro atoms. The summed E-state index contributed by atoms with van der Waals surface area (Å²) in [6.07, 6.45) is 2.53. The van der Waals surface area contributed by atoms with Gasteiger partial charge in [-0.15, -0.1) is 11.8 Å². The van der Waals surface area contributed by atoms with Crippen molar-refractivity contribution in [2.24, 2.45) is 0 Å². The molecule has 5 heteroatoms. The van der Waals surface area contributed by atoms with Crippen molar-refractivity contribution in [2.45, 2.75) is 56.5 Å². The number of unbranched alkanes of at least 4 members (excludes halogenated alkanes) is 1. The van der Waals surface area contributed by atoms with E-state index in [1.807, 2.05) is 20.8 Å². The van der Waals surface area contributed by atoms with E-state index in [0.29, 0.717) is 4.90 Å². The Kier molecular flexibility index (Phi) is 7.13. The van der Waals surface area contributed by atoms with Crippen molar-refractivity contribution in [3.8, 4) is 6.07 Å². The predicted molar refractivity (Wildman–Crippen MR) is 83.2 cm³/mol. The average Bonchev–Trinajstić information content (AvgIpc) is 2.40. The van der Waals surface area contributed by atoms with Crippen LogP contribution in [0.5, 0.6) is 0 Å². The van der Waals surface area contributed by atoms with Gasteiger partial charge in [-0.1, -0.05) is 0 Å². The Morgan fingerprint density at radius 2 is 2.05 bits per heavy atom. The zero-order chi connectivity index (χ0) is 15.9. The van der Waals surface area contributed by atoms with Crippen LogP contribution in [0.3, 0.4) is 0 Å². The molecule has 1 N–H and O–H groups in total. The van der Waals surface area contributed by atoms with Gasteiger partial charge in [-0.3, -0.25) is 5.32 Å². The van der Waals surface area contributed by atoms with Crippen molar-refractivity contribution in [1.82, 2.24) is 5.32 Å². The van der Waals surface area contributed by atoms with Crippen molar-refractivity contribution in [3.63, 3.8) is 0 Å². The maximum Gasteiger partial charge on any atom is 0.139 e. The molecule has 0 radical (unpaired) electrons. The van der Waals surface area contributed by atoms with Crippen LogP contribution in [0, 0.1) is 23.0 Å². The second-order valence-corrected chi connectivity index (χ2v) is 6.76. The Balaban J connectivity index is 2.33. The van der Waals surface area contributed by atoms with E-state index in [0.717, 1.165) is 31.1 Å². The lowest BCUT2D eigenvalue weighted by molar-refractivity contribution is 0.372. The third-order valence-electron chi connectivity index (χ3n) is 3.08. The molecule has 1 unspecified atom stereocenters. The smallest absolute Gasteiger partial charge is 0.139 e. The Labute approximate surface area is 129 Å². The van der Waals surface area contributed by atoms with Gasteiger partial charge < -0.3 is 0 Å². The van der Waals surface area contributed by atoms with Crippen LogP contribution in [0.25, 0.3) is 0 Å². The number of rotatable bonds is 8. The standard InChI is InChI=1S/C16H22F2N2S/c1-12(2)20-16(3,11-19)8-4-5-9-21-15-7-6-13(17)10-14(15)18/h6-7,10,12,20H,4-5,8-9H2,1-3H3. The lowest BCUT2D eigenvalue weighted by Crippen LogP contribution is -2.44. The molecule has 0 aliphatic carbocycles. The number of halogens is 2. The summed E-state index contributed by atoms with van der Waals surface area (Å²) in [4.78, 5) is 0.472. The summed E-state index contributed by atoms with van der Waals surface area (Å²) in [7, 11) is 0.